The number of imidazole rings is 1. The van der Waals surface area contributed by atoms with E-state index >= 15 is 0 Å². The molecule has 0 bridgehead atoms. The lowest BCUT2D eigenvalue weighted by Gasteiger charge is -2.39. The molecule has 41 heavy (non-hydrogen) atoms. The van der Waals surface area contributed by atoms with E-state index in [4.69, 9.17) is 16.6 Å². The number of aryl methyl sites for hydroxylation is 1. The summed E-state index contributed by atoms with van der Waals surface area (Å²) in [7, 11) is 0. The molecule has 6 rings (SSSR count). The van der Waals surface area contributed by atoms with Crippen LogP contribution in [0.2, 0.25) is 5.02 Å². The van der Waals surface area contributed by atoms with Gasteiger partial charge in [-0.3, -0.25) is 9.69 Å². The first kappa shape index (κ1) is 27.8. The summed E-state index contributed by atoms with van der Waals surface area (Å²) >= 11 is 6.13. The van der Waals surface area contributed by atoms with Crippen molar-refractivity contribution in [1.82, 2.24) is 19.4 Å². The standard InChI is InChI=1S/C34H40ClN5O/c1-2-6-26-12-16-30(17-13-26)38-19-21-39(22-20-38)34(41)28-7-5-18-37(24-28)25-33-36-31-8-3-4-9-32(31)40(33)23-27-10-14-29(35)15-11-27/h3-4,8-17,28H,2,5-7,18-25H2,1H3/t28-/m1/s1. The molecule has 0 N–H and O–H groups in total. The Bertz CT molecular complexity index is 1460. The maximum atomic E-state index is 13.6. The molecule has 0 unspecified atom stereocenters. The lowest BCUT2D eigenvalue weighted by molar-refractivity contribution is -0.137. The van der Waals surface area contributed by atoms with Crippen LogP contribution in [0.25, 0.3) is 11.0 Å². The number of halogens is 1. The van der Waals surface area contributed by atoms with Crippen molar-refractivity contribution in [3.63, 3.8) is 0 Å². The maximum absolute atomic E-state index is 13.6. The number of amides is 1. The van der Waals surface area contributed by atoms with Gasteiger partial charge in [0.15, 0.2) is 0 Å². The predicted molar refractivity (Wildman–Crippen MR) is 168 cm³/mol. The van der Waals surface area contributed by atoms with Gasteiger partial charge in [0.2, 0.25) is 5.91 Å². The summed E-state index contributed by atoms with van der Waals surface area (Å²) in [6.45, 7) is 8.87. The first-order chi connectivity index (χ1) is 20.1. The van der Waals surface area contributed by atoms with Gasteiger partial charge in [-0.15, -0.1) is 0 Å². The van der Waals surface area contributed by atoms with E-state index in [1.807, 2.05) is 18.2 Å². The van der Waals surface area contributed by atoms with E-state index in [0.717, 1.165) is 93.5 Å². The Kier molecular flexibility index (Phi) is 8.59. The molecule has 0 saturated carbocycles. The number of rotatable bonds is 8. The Morgan fingerprint density at radius 2 is 1.61 bits per heavy atom. The third kappa shape index (κ3) is 6.44. The van der Waals surface area contributed by atoms with Gasteiger partial charge in [-0.25, -0.2) is 4.98 Å². The van der Waals surface area contributed by atoms with Gasteiger partial charge in [0.1, 0.15) is 5.82 Å². The van der Waals surface area contributed by atoms with E-state index in [1.165, 1.54) is 23.2 Å². The van der Waals surface area contributed by atoms with E-state index in [2.05, 4.69) is 80.8 Å². The van der Waals surface area contributed by atoms with Crippen molar-refractivity contribution >= 4 is 34.2 Å². The summed E-state index contributed by atoms with van der Waals surface area (Å²) < 4.78 is 2.32. The predicted octanol–water partition coefficient (Wildman–Crippen LogP) is 6.25. The van der Waals surface area contributed by atoms with Crippen LogP contribution in [0.3, 0.4) is 0 Å². The molecule has 2 aliphatic rings. The number of piperidine rings is 1. The number of carbonyl (C=O) groups is 1. The number of hydrogen-bond acceptors (Lipinski definition) is 4. The summed E-state index contributed by atoms with van der Waals surface area (Å²) in [4.78, 5) is 25.6. The first-order valence-electron chi connectivity index (χ1n) is 15.1. The van der Waals surface area contributed by atoms with Crippen LogP contribution in [0.1, 0.15) is 43.1 Å². The number of fused-ring (bicyclic) bond motifs is 1. The average molecular weight is 570 g/mol. The number of nitrogens with zero attached hydrogens (tertiary/aromatic N) is 5. The Morgan fingerprint density at radius 1 is 0.878 bits per heavy atom. The molecular weight excluding hydrogens is 530 g/mol. The second kappa shape index (κ2) is 12.7. The summed E-state index contributed by atoms with van der Waals surface area (Å²) in [6, 6.07) is 25.4. The largest absolute Gasteiger partial charge is 0.368 e. The highest BCUT2D eigenvalue weighted by Gasteiger charge is 2.31. The molecule has 6 nitrogen and oxygen atoms in total. The molecule has 1 atom stereocenters. The molecule has 2 fully saturated rings. The molecule has 2 saturated heterocycles. The fraction of sp³-hybridized carbons (Fsp3) is 0.412. The normalized spacial score (nSPS) is 18.2. The topological polar surface area (TPSA) is 44.6 Å². The van der Waals surface area contributed by atoms with Crippen molar-refractivity contribution in [2.45, 2.75) is 45.7 Å². The van der Waals surface area contributed by atoms with Gasteiger partial charge < -0.3 is 14.4 Å². The molecule has 1 amide bonds. The highest BCUT2D eigenvalue weighted by atomic mass is 35.5. The van der Waals surface area contributed by atoms with Crippen molar-refractivity contribution < 1.29 is 4.79 Å². The van der Waals surface area contributed by atoms with Crippen molar-refractivity contribution in [3.8, 4) is 0 Å². The summed E-state index contributed by atoms with van der Waals surface area (Å²) in [5.74, 6) is 1.42. The monoisotopic (exact) mass is 569 g/mol. The molecule has 2 aliphatic heterocycles. The van der Waals surface area contributed by atoms with E-state index < -0.39 is 0 Å². The number of aromatic nitrogens is 2. The fourth-order valence-electron chi connectivity index (χ4n) is 6.40. The van der Waals surface area contributed by atoms with Crippen molar-refractivity contribution in [1.29, 1.82) is 0 Å². The number of carbonyl (C=O) groups excluding carboxylic acids is 1. The van der Waals surface area contributed by atoms with Gasteiger partial charge >= 0.3 is 0 Å². The van der Waals surface area contributed by atoms with Gasteiger partial charge in [0.25, 0.3) is 0 Å². The molecule has 214 valence electrons. The number of para-hydroxylation sites is 2. The van der Waals surface area contributed by atoms with Crippen LogP contribution in [0.5, 0.6) is 0 Å². The van der Waals surface area contributed by atoms with Gasteiger partial charge in [-0.2, -0.15) is 0 Å². The zero-order valence-corrected chi connectivity index (χ0v) is 24.8. The Balaban J connectivity index is 1.09. The minimum atomic E-state index is 0.0534. The van der Waals surface area contributed by atoms with Crippen LogP contribution in [-0.4, -0.2) is 64.5 Å². The van der Waals surface area contributed by atoms with E-state index in [0.29, 0.717) is 5.91 Å². The highest BCUT2D eigenvalue weighted by Crippen LogP contribution is 2.25. The third-order valence-corrected chi connectivity index (χ3v) is 8.89. The first-order valence-corrected chi connectivity index (χ1v) is 15.5. The molecule has 7 heteroatoms. The Hall–Kier alpha value is -3.35. The highest BCUT2D eigenvalue weighted by molar-refractivity contribution is 6.30. The summed E-state index contributed by atoms with van der Waals surface area (Å²) in [6.07, 6.45) is 4.30. The maximum Gasteiger partial charge on any atom is 0.227 e. The number of piperazine rings is 1. The molecule has 1 aromatic heterocycles. The SMILES string of the molecule is CCCc1ccc(N2CCN(C(=O)[C@@H]3CCCN(Cc4nc5ccccc5n4Cc4ccc(Cl)cc4)C3)CC2)cc1. The smallest absolute Gasteiger partial charge is 0.227 e. The van der Waals surface area contributed by atoms with E-state index in [9.17, 15) is 4.79 Å². The van der Waals surface area contributed by atoms with Crippen LogP contribution in [0.15, 0.2) is 72.8 Å². The Morgan fingerprint density at radius 3 is 2.37 bits per heavy atom. The number of benzene rings is 3. The van der Waals surface area contributed by atoms with Gasteiger partial charge in [-0.1, -0.05) is 61.3 Å². The minimum absolute atomic E-state index is 0.0534. The molecule has 0 radical (unpaired) electrons. The van der Waals surface area contributed by atoms with E-state index in [-0.39, 0.29) is 5.92 Å². The van der Waals surface area contributed by atoms with Crippen molar-refractivity contribution in [2.24, 2.45) is 5.92 Å². The van der Waals surface area contributed by atoms with Crippen molar-refractivity contribution in [3.05, 3.63) is 94.8 Å². The van der Waals surface area contributed by atoms with E-state index in [1.54, 1.807) is 0 Å². The van der Waals surface area contributed by atoms with Crippen LogP contribution >= 0.6 is 11.6 Å². The van der Waals surface area contributed by atoms with Gasteiger partial charge in [0.05, 0.1) is 23.5 Å². The zero-order chi connectivity index (χ0) is 28.2. The quantitative estimate of drug-likeness (QED) is 0.251. The molecular formula is C34H40ClN5O. The third-order valence-electron chi connectivity index (χ3n) is 8.64. The molecule has 0 aliphatic carbocycles. The van der Waals surface area contributed by atoms with Crippen molar-refractivity contribution in [2.75, 3.05) is 44.2 Å². The van der Waals surface area contributed by atoms with Crippen LogP contribution in [0, 0.1) is 5.92 Å². The second-order valence-electron chi connectivity index (χ2n) is 11.5. The number of likely N-dealkylation sites (tertiary alicyclic amines) is 1. The minimum Gasteiger partial charge on any atom is -0.368 e. The summed E-state index contributed by atoms with van der Waals surface area (Å²) in [5, 5.41) is 0.746. The number of anilines is 1. The number of hydrogen-bond donors (Lipinski definition) is 0. The molecule has 3 heterocycles. The van der Waals surface area contributed by atoms with Gasteiger partial charge in [0, 0.05) is 50.0 Å². The lowest BCUT2D eigenvalue weighted by Crippen LogP contribution is -2.52. The fourth-order valence-corrected chi connectivity index (χ4v) is 6.53. The average Bonchev–Trinajstić information content (AvgIpc) is 3.35. The van der Waals surface area contributed by atoms with Crippen LogP contribution in [-0.2, 0) is 24.3 Å². The summed E-state index contributed by atoms with van der Waals surface area (Å²) in [5.41, 5.74) is 6.01. The molecule has 4 aromatic rings. The molecule has 0 spiro atoms. The second-order valence-corrected chi connectivity index (χ2v) is 12.0. The van der Waals surface area contributed by atoms with Crippen LogP contribution in [0.4, 0.5) is 5.69 Å². The zero-order valence-electron chi connectivity index (χ0n) is 24.0. The van der Waals surface area contributed by atoms with Crippen LogP contribution < -0.4 is 4.90 Å². The molecule has 3 aromatic carbocycles. The Labute approximate surface area is 248 Å². The van der Waals surface area contributed by atoms with Gasteiger partial charge in [-0.05, 0) is 73.3 Å². The lowest BCUT2D eigenvalue weighted by atomic mass is 9.96.